The molecule has 6 rings (SSSR count). The van der Waals surface area contributed by atoms with Crippen LogP contribution in [0, 0.1) is 23.3 Å². The van der Waals surface area contributed by atoms with Crippen LogP contribution in [0.1, 0.15) is 0 Å². The molecule has 7 heteroatoms. The number of pyridine rings is 1. The normalized spacial score (nSPS) is 10.9. The zero-order valence-corrected chi connectivity index (χ0v) is 22.1. The summed E-state index contributed by atoms with van der Waals surface area (Å²) in [6.07, 6.45) is 1.55. The number of para-hydroxylation sites is 4. The lowest BCUT2D eigenvalue weighted by Gasteiger charge is -2.26. The number of hydrogen-bond donors (Lipinski definition) is 0. The molecule has 42 heavy (non-hydrogen) atoms. The van der Waals surface area contributed by atoms with Gasteiger partial charge < -0.3 is 9.80 Å². The number of aromatic nitrogens is 1. The van der Waals surface area contributed by atoms with Gasteiger partial charge in [-0.25, -0.2) is 17.6 Å². The average Bonchev–Trinajstić information content (AvgIpc) is 3.02. The van der Waals surface area contributed by atoms with Crippen molar-refractivity contribution in [3.05, 3.63) is 163 Å². The fourth-order valence-corrected chi connectivity index (χ4v) is 4.82. The molecular formula is C35H23F4N3. The van der Waals surface area contributed by atoms with Crippen molar-refractivity contribution in [3.63, 3.8) is 0 Å². The molecule has 6 aromatic rings. The summed E-state index contributed by atoms with van der Waals surface area (Å²) in [6, 6.07) is 35.3. The van der Waals surface area contributed by atoms with Crippen LogP contribution in [0.2, 0.25) is 0 Å². The molecular weight excluding hydrogens is 538 g/mol. The molecule has 0 unspecified atom stereocenters. The number of anilines is 6. The van der Waals surface area contributed by atoms with Crippen LogP contribution in [0.3, 0.4) is 0 Å². The first kappa shape index (κ1) is 26.8. The first-order chi connectivity index (χ1) is 20.5. The van der Waals surface area contributed by atoms with E-state index in [1.165, 1.54) is 34.1 Å². The largest absolute Gasteiger partial charge is 0.305 e. The SMILES string of the molecule is Fc1ccccc1N(c1ccc(-c2ccc(N(c3ccccc3F)c3ccccc3F)cn2)cc1)c1ccccc1F. The Morgan fingerprint density at radius 1 is 0.381 bits per heavy atom. The lowest BCUT2D eigenvalue weighted by molar-refractivity contribution is 0.619. The van der Waals surface area contributed by atoms with Crippen LogP contribution >= 0.6 is 0 Å². The van der Waals surface area contributed by atoms with Gasteiger partial charge in [0.25, 0.3) is 0 Å². The molecule has 0 N–H and O–H groups in total. The summed E-state index contributed by atoms with van der Waals surface area (Å²) in [5.41, 5.74) is 3.15. The Morgan fingerprint density at radius 3 is 1.10 bits per heavy atom. The standard InChI is InChI=1S/C35H23F4N3/c36-27-9-1-5-13-32(27)41(33-14-6-2-10-28(33)37)25-19-17-24(18-20-25)31-22-21-26(23-40-31)42(34-15-7-3-11-29(34)38)35-16-8-4-12-30(35)39/h1-23H. The maximum atomic E-state index is 14.9. The van der Waals surface area contributed by atoms with E-state index in [1.807, 2.05) is 0 Å². The summed E-state index contributed by atoms with van der Waals surface area (Å²) in [5.74, 6) is -1.99. The Morgan fingerprint density at radius 2 is 0.738 bits per heavy atom. The van der Waals surface area contributed by atoms with Gasteiger partial charge in [0.1, 0.15) is 23.3 Å². The molecule has 0 spiro atoms. The van der Waals surface area contributed by atoms with Gasteiger partial charge >= 0.3 is 0 Å². The van der Waals surface area contributed by atoms with Crippen molar-refractivity contribution >= 4 is 34.1 Å². The van der Waals surface area contributed by atoms with Crippen LogP contribution < -0.4 is 9.80 Å². The monoisotopic (exact) mass is 561 g/mol. The summed E-state index contributed by atoms with van der Waals surface area (Å²) < 4.78 is 59.4. The van der Waals surface area contributed by atoms with Crippen molar-refractivity contribution in [3.8, 4) is 11.3 Å². The van der Waals surface area contributed by atoms with Gasteiger partial charge in [0.2, 0.25) is 0 Å². The molecule has 1 aromatic heterocycles. The average molecular weight is 562 g/mol. The van der Waals surface area contributed by atoms with Crippen LogP contribution in [0.5, 0.6) is 0 Å². The summed E-state index contributed by atoms with van der Waals surface area (Å²) in [4.78, 5) is 7.58. The van der Waals surface area contributed by atoms with E-state index in [9.17, 15) is 17.6 Å². The summed E-state index contributed by atoms with van der Waals surface area (Å²) in [7, 11) is 0. The van der Waals surface area contributed by atoms with E-state index in [1.54, 1.807) is 115 Å². The third kappa shape index (κ3) is 5.20. The predicted molar refractivity (Wildman–Crippen MR) is 159 cm³/mol. The minimum Gasteiger partial charge on any atom is -0.305 e. The van der Waals surface area contributed by atoms with Crippen molar-refractivity contribution in [2.45, 2.75) is 0 Å². The van der Waals surface area contributed by atoms with Crippen LogP contribution in [-0.2, 0) is 0 Å². The number of hydrogen-bond acceptors (Lipinski definition) is 3. The molecule has 0 aliphatic rings. The molecule has 0 saturated heterocycles. The summed E-state index contributed by atoms with van der Waals surface area (Å²) in [6.45, 7) is 0. The van der Waals surface area contributed by atoms with Gasteiger partial charge in [0.15, 0.2) is 0 Å². The Hall–Kier alpha value is -5.43. The second-order valence-electron chi connectivity index (χ2n) is 9.42. The van der Waals surface area contributed by atoms with Crippen molar-refractivity contribution in [1.29, 1.82) is 0 Å². The molecule has 0 fully saturated rings. The molecule has 0 aliphatic carbocycles. The van der Waals surface area contributed by atoms with Crippen molar-refractivity contribution in [1.82, 2.24) is 4.98 Å². The maximum Gasteiger partial charge on any atom is 0.147 e. The first-order valence-electron chi connectivity index (χ1n) is 13.2. The molecule has 1 heterocycles. The van der Waals surface area contributed by atoms with Crippen LogP contribution in [0.25, 0.3) is 11.3 Å². The van der Waals surface area contributed by atoms with Gasteiger partial charge in [0.05, 0.1) is 40.3 Å². The fraction of sp³-hybridized carbons (Fsp3) is 0. The van der Waals surface area contributed by atoms with E-state index in [2.05, 4.69) is 4.98 Å². The van der Waals surface area contributed by atoms with Gasteiger partial charge in [-0.1, -0.05) is 60.7 Å². The third-order valence-electron chi connectivity index (χ3n) is 6.80. The Bertz CT molecular complexity index is 1610. The Balaban J connectivity index is 1.36. The molecule has 0 bridgehead atoms. The highest BCUT2D eigenvalue weighted by molar-refractivity contribution is 5.80. The van der Waals surface area contributed by atoms with E-state index in [0.717, 1.165) is 5.56 Å². The molecule has 0 radical (unpaired) electrons. The highest BCUT2D eigenvalue weighted by Gasteiger charge is 2.21. The highest BCUT2D eigenvalue weighted by atomic mass is 19.1. The Kier molecular flexibility index (Phi) is 7.39. The van der Waals surface area contributed by atoms with Crippen LogP contribution in [-0.4, -0.2) is 4.98 Å². The summed E-state index contributed by atoms with van der Waals surface area (Å²) >= 11 is 0. The quantitative estimate of drug-likeness (QED) is 0.181. The predicted octanol–water partition coefficient (Wildman–Crippen LogP) is 10.2. The minimum absolute atomic E-state index is 0.183. The first-order valence-corrected chi connectivity index (χ1v) is 13.2. The molecule has 206 valence electrons. The van der Waals surface area contributed by atoms with Gasteiger partial charge in [-0.15, -0.1) is 0 Å². The van der Waals surface area contributed by atoms with Gasteiger partial charge in [-0.2, -0.15) is 0 Å². The lowest BCUT2D eigenvalue weighted by Crippen LogP contribution is -2.13. The molecule has 0 amide bonds. The van der Waals surface area contributed by atoms with Gasteiger partial charge in [0, 0.05) is 11.3 Å². The van der Waals surface area contributed by atoms with Gasteiger partial charge in [-0.05, 0) is 72.8 Å². The number of nitrogens with zero attached hydrogens (tertiary/aromatic N) is 3. The van der Waals surface area contributed by atoms with E-state index in [-0.39, 0.29) is 22.7 Å². The minimum atomic E-state index is -0.505. The van der Waals surface area contributed by atoms with Gasteiger partial charge in [-0.3, -0.25) is 4.98 Å². The molecule has 0 saturated carbocycles. The lowest BCUT2D eigenvalue weighted by atomic mass is 10.1. The topological polar surface area (TPSA) is 19.4 Å². The van der Waals surface area contributed by atoms with E-state index < -0.39 is 23.3 Å². The van der Waals surface area contributed by atoms with Crippen LogP contribution in [0.15, 0.2) is 140 Å². The second kappa shape index (κ2) is 11.6. The van der Waals surface area contributed by atoms with E-state index >= 15 is 0 Å². The highest BCUT2D eigenvalue weighted by Crippen LogP contribution is 2.39. The summed E-state index contributed by atoms with van der Waals surface area (Å²) in [5, 5.41) is 0. The van der Waals surface area contributed by atoms with Crippen molar-refractivity contribution in [2.75, 3.05) is 9.80 Å². The van der Waals surface area contributed by atoms with Crippen molar-refractivity contribution in [2.24, 2.45) is 0 Å². The third-order valence-corrected chi connectivity index (χ3v) is 6.80. The zero-order valence-electron chi connectivity index (χ0n) is 22.1. The fourth-order valence-electron chi connectivity index (χ4n) is 4.82. The molecule has 5 aromatic carbocycles. The zero-order chi connectivity index (χ0) is 29.1. The smallest absolute Gasteiger partial charge is 0.147 e. The Labute approximate surface area is 240 Å². The number of halogens is 4. The molecule has 0 atom stereocenters. The van der Waals surface area contributed by atoms with E-state index in [0.29, 0.717) is 17.1 Å². The number of rotatable bonds is 7. The molecule has 3 nitrogen and oxygen atoms in total. The number of benzene rings is 5. The van der Waals surface area contributed by atoms with E-state index in [4.69, 9.17) is 0 Å². The van der Waals surface area contributed by atoms with Crippen LogP contribution in [0.4, 0.5) is 51.7 Å². The van der Waals surface area contributed by atoms with Crippen molar-refractivity contribution < 1.29 is 17.6 Å². The molecule has 0 aliphatic heterocycles. The second-order valence-corrected chi connectivity index (χ2v) is 9.42. The maximum absolute atomic E-state index is 14.9.